The van der Waals surface area contributed by atoms with Gasteiger partial charge in [0, 0.05) is 18.7 Å². The van der Waals surface area contributed by atoms with Crippen LogP contribution in [0.4, 0.5) is 10.1 Å². The summed E-state index contributed by atoms with van der Waals surface area (Å²) in [6.07, 6.45) is 1.31. The van der Waals surface area contributed by atoms with Crippen LogP contribution in [0.1, 0.15) is 6.42 Å². The predicted molar refractivity (Wildman–Crippen MR) is 84.5 cm³/mol. The first-order chi connectivity index (χ1) is 11.2. The number of fused-ring (bicyclic) bond motifs is 1. The van der Waals surface area contributed by atoms with Crippen LogP contribution in [0.5, 0.6) is 5.75 Å². The molecule has 1 saturated heterocycles. The van der Waals surface area contributed by atoms with Gasteiger partial charge in [0.05, 0.1) is 18.5 Å². The van der Waals surface area contributed by atoms with E-state index in [0.717, 1.165) is 22.7 Å². The van der Waals surface area contributed by atoms with E-state index in [9.17, 15) is 4.39 Å². The second-order valence-corrected chi connectivity index (χ2v) is 5.57. The number of benzene rings is 1. The Morgan fingerprint density at radius 1 is 1.26 bits per heavy atom. The molecule has 3 aromatic rings. The summed E-state index contributed by atoms with van der Waals surface area (Å²) < 4.78 is 20.4. The van der Waals surface area contributed by atoms with Gasteiger partial charge in [-0.1, -0.05) is 0 Å². The number of hydrogen-bond acceptors (Lipinski definition) is 5. The van der Waals surface area contributed by atoms with Gasteiger partial charge in [-0.2, -0.15) is 9.61 Å². The van der Waals surface area contributed by atoms with Gasteiger partial charge in [-0.15, -0.1) is 10.2 Å². The van der Waals surface area contributed by atoms with Crippen LogP contribution in [0, 0.1) is 0 Å². The van der Waals surface area contributed by atoms with Gasteiger partial charge in [-0.25, -0.2) is 4.39 Å². The van der Waals surface area contributed by atoms with E-state index in [1.165, 1.54) is 0 Å². The van der Waals surface area contributed by atoms with Crippen molar-refractivity contribution in [1.29, 1.82) is 0 Å². The SMILES string of the molecule is COc1ccc(-c2cc(N3CC[C@@H](F)C3)c3nncn3n2)cc1. The third-order valence-corrected chi connectivity index (χ3v) is 4.11. The van der Waals surface area contributed by atoms with Crippen LogP contribution in [0.25, 0.3) is 16.9 Å². The fourth-order valence-corrected chi connectivity index (χ4v) is 2.88. The van der Waals surface area contributed by atoms with E-state index in [1.807, 2.05) is 35.2 Å². The number of nitrogens with zero attached hydrogens (tertiary/aromatic N) is 5. The lowest BCUT2D eigenvalue weighted by Gasteiger charge is -2.18. The lowest BCUT2D eigenvalue weighted by atomic mass is 10.1. The van der Waals surface area contributed by atoms with Crippen LogP contribution in [0.2, 0.25) is 0 Å². The minimum Gasteiger partial charge on any atom is -0.497 e. The molecule has 4 rings (SSSR count). The summed E-state index contributed by atoms with van der Waals surface area (Å²) >= 11 is 0. The summed E-state index contributed by atoms with van der Waals surface area (Å²) in [6.45, 7) is 1.06. The minimum atomic E-state index is -0.796. The highest BCUT2D eigenvalue weighted by Gasteiger charge is 2.25. The van der Waals surface area contributed by atoms with Crippen LogP contribution >= 0.6 is 0 Å². The van der Waals surface area contributed by atoms with Gasteiger partial charge in [0.1, 0.15) is 18.2 Å². The van der Waals surface area contributed by atoms with Gasteiger partial charge in [-0.05, 0) is 36.8 Å². The molecular formula is C16H16FN5O. The van der Waals surface area contributed by atoms with E-state index in [1.54, 1.807) is 18.0 Å². The lowest BCUT2D eigenvalue weighted by molar-refractivity contribution is 0.364. The average molecular weight is 313 g/mol. The van der Waals surface area contributed by atoms with Gasteiger partial charge in [0.25, 0.3) is 0 Å². The standard InChI is InChI=1S/C16H16FN5O/c1-23-13-4-2-11(3-5-13)14-8-15(21-7-6-12(17)9-21)16-19-18-10-22(16)20-14/h2-5,8,10,12H,6-7,9H2,1H3/t12-/m1/s1. The molecule has 118 valence electrons. The van der Waals surface area contributed by atoms with Crippen LogP contribution in [-0.4, -0.2) is 46.2 Å². The van der Waals surface area contributed by atoms with Gasteiger partial charge in [-0.3, -0.25) is 0 Å². The summed E-state index contributed by atoms with van der Waals surface area (Å²) in [7, 11) is 1.63. The second kappa shape index (κ2) is 5.49. The number of aromatic nitrogens is 4. The Hall–Kier alpha value is -2.70. The largest absolute Gasteiger partial charge is 0.497 e. The van der Waals surface area contributed by atoms with E-state index in [2.05, 4.69) is 15.3 Å². The molecule has 23 heavy (non-hydrogen) atoms. The summed E-state index contributed by atoms with van der Waals surface area (Å²) in [5.41, 5.74) is 3.26. The molecule has 1 aromatic carbocycles. The van der Waals surface area contributed by atoms with E-state index in [4.69, 9.17) is 4.74 Å². The van der Waals surface area contributed by atoms with Gasteiger partial charge < -0.3 is 9.64 Å². The first-order valence-corrected chi connectivity index (χ1v) is 7.49. The Kier molecular flexibility index (Phi) is 3.33. The monoisotopic (exact) mass is 313 g/mol. The zero-order valence-corrected chi connectivity index (χ0v) is 12.7. The maximum Gasteiger partial charge on any atom is 0.200 e. The third kappa shape index (κ3) is 2.48. The normalized spacial score (nSPS) is 17.8. The van der Waals surface area contributed by atoms with E-state index >= 15 is 0 Å². The quantitative estimate of drug-likeness (QED) is 0.743. The zero-order valence-electron chi connectivity index (χ0n) is 12.7. The van der Waals surface area contributed by atoms with Crippen molar-refractivity contribution in [2.45, 2.75) is 12.6 Å². The summed E-state index contributed by atoms with van der Waals surface area (Å²) in [5.74, 6) is 0.791. The Bertz CT molecular complexity index is 832. The molecule has 2 aromatic heterocycles. The molecule has 6 nitrogen and oxygen atoms in total. The fourth-order valence-electron chi connectivity index (χ4n) is 2.88. The van der Waals surface area contributed by atoms with Crippen molar-refractivity contribution in [1.82, 2.24) is 19.8 Å². The summed E-state index contributed by atoms with van der Waals surface area (Å²) in [5, 5.41) is 12.6. The van der Waals surface area contributed by atoms with Crippen LogP contribution in [-0.2, 0) is 0 Å². The average Bonchev–Trinajstić information content (AvgIpc) is 3.22. The molecule has 1 aliphatic heterocycles. The Labute approximate surface area is 132 Å². The van der Waals surface area contributed by atoms with Crippen LogP contribution < -0.4 is 9.64 Å². The third-order valence-electron chi connectivity index (χ3n) is 4.11. The first kappa shape index (κ1) is 13.9. The molecule has 7 heteroatoms. The Morgan fingerprint density at radius 2 is 2.09 bits per heavy atom. The molecular weight excluding hydrogens is 297 g/mol. The second-order valence-electron chi connectivity index (χ2n) is 5.57. The van der Waals surface area contributed by atoms with Crippen molar-refractivity contribution in [2.24, 2.45) is 0 Å². The number of halogens is 1. The highest BCUT2D eigenvalue weighted by molar-refractivity contribution is 5.74. The van der Waals surface area contributed by atoms with E-state index in [0.29, 0.717) is 25.2 Å². The maximum absolute atomic E-state index is 13.6. The van der Waals surface area contributed by atoms with Gasteiger partial charge in [0.2, 0.25) is 5.65 Å². The van der Waals surface area contributed by atoms with Crippen molar-refractivity contribution in [2.75, 3.05) is 25.1 Å². The van der Waals surface area contributed by atoms with Crippen LogP contribution in [0.15, 0.2) is 36.7 Å². The Morgan fingerprint density at radius 3 is 2.78 bits per heavy atom. The molecule has 0 amide bonds. The smallest absolute Gasteiger partial charge is 0.200 e. The minimum absolute atomic E-state index is 0.384. The van der Waals surface area contributed by atoms with Gasteiger partial charge in [0.15, 0.2) is 0 Å². The van der Waals surface area contributed by atoms with Crippen molar-refractivity contribution in [3.63, 3.8) is 0 Å². The molecule has 0 bridgehead atoms. The molecule has 1 aliphatic rings. The van der Waals surface area contributed by atoms with Gasteiger partial charge >= 0.3 is 0 Å². The van der Waals surface area contributed by atoms with E-state index < -0.39 is 6.17 Å². The summed E-state index contributed by atoms with van der Waals surface area (Å²) in [4.78, 5) is 2.00. The number of rotatable bonds is 3. The maximum atomic E-state index is 13.6. The predicted octanol–water partition coefficient (Wildman–Crippen LogP) is 2.35. The van der Waals surface area contributed by atoms with Crippen molar-refractivity contribution in [3.8, 4) is 17.0 Å². The highest BCUT2D eigenvalue weighted by Crippen LogP contribution is 2.29. The number of alkyl halides is 1. The molecule has 0 unspecified atom stereocenters. The molecule has 3 heterocycles. The van der Waals surface area contributed by atoms with Crippen molar-refractivity contribution >= 4 is 11.3 Å². The molecule has 0 N–H and O–H groups in total. The number of ether oxygens (including phenoxy) is 1. The number of methoxy groups -OCH3 is 1. The van der Waals surface area contributed by atoms with Crippen molar-refractivity contribution < 1.29 is 9.13 Å². The molecule has 0 saturated carbocycles. The molecule has 1 atom stereocenters. The highest BCUT2D eigenvalue weighted by atomic mass is 19.1. The lowest BCUT2D eigenvalue weighted by Crippen LogP contribution is -2.21. The Balaban J connectivity index is 1.80. The molecule has 0 radical (unpaired) electrons. The zero-order chi connectivity index (χ0) is 15.8. The number of hydrogen-bond donors (Lipinski definition) is 0. The fraction of sp³-hybridized carbons (Fsp3) is 0.312. The molecule has 1 fully saturated rings. The number of anilines is 1. The van der Waals surface area contributed by atoms with Crippen LogP contribution in [0.3, 0.4) is 0 Å². The topological polar surface area (TPSA) is 55.5 Å². The summed E-state index contributed by atoms with van der Waals surface area (Å²) in [6, 6.07) is 9.62. The van der Waals surface area contributed by atoms with Crippen molar-refractivity contribution in [3.05, 3.63) is 36.7 Å². The first-order valence-electron chi connectivity index (χ1n) is 7.49. The van der Waals surface area contributed by atoms with E-state index in [-0.39, 0.29) is 0 Å². The molecule has 0 spiro atoms. The molecule has 0 aliphatic carbocycles.